The zero-order chi connectivity index (χ0) is 19.8. The number of fused-ring (bicyclic) bond motifs is 1. The number of rotatable bonds is 4. The topological polar surface area (TPSA) is 68.1 Å². The van der Waals surface area contributed by atoms with Crippen molar-refractivity contribution in [3.8, 4) is 5.75 Å². The maximum atomic E-state index is 6.28. The highest BCUT2D eigenvalue weighted by Gasteiger charge is 2.25. The number of benzene rings is 1. The number of nitrogens with one attached hydrogen (secondary N) is 1. The predicted molar refractivity (Wildman–Crippen MR) is 113 cm³/mol. The van der Waals surface area contributed by atoms with Crippen molar-refractivity contribution in [1.82, 2.24) is 19.7 Å². The molecule has 0 amide bonds. The Morgan fingerprint density at radius 2 is 1.93 bits per heavy atom. The minimum absolute atomic E-state index is 0.544. The molecule has 0 spiro atoms. The van der Waals surface area contributed by atoms with Gasteiger partial charge in [0.05, 0.1) is 23.7 Å². The smallest absolute Gasteiger partial charge is 0.229 e. The maximum Gasteiger partial charge on any atom is 0.229 e. The molecule has 0 aliphatic carbocycles. The monoisotopic (exact) mass is 400 g/mol. The molecule has 0 unspecified atom stereocenters. The van der Waals surface area contributed by atoms with Gasteiger partial charge >= 0.3 is 0 Å². The molecule has 1 aliphatic heterocycles. The van der Waals surface area contributed by atoms with Crippen molar-refractivity contribution in [3.05, 3.63) is 29.4 Å². The number of anilines is 3. The first kappa shape index (κ1) is 18.8. The highest BCUT2D eigenvalue weighted by Crippen LogP contribution is 2.32. The van der Waals surface area contributed by atoms with Crippen LogP contribution in [-0.4, -0.2) is 39.9 Å². The lowest BCUT2D eigenvalue weighted by Crippen LogP contribution is -2.39. The summed E-state index contributed by atoms with van der Waals surface area (Å²) in [7, 11) is 3.50. The Balaban J connectivity index is 1.74. The molecule has 4 rings (SSSR count). The largest absolute Gasteiger partial charge is 0.495 e. The van der Waals surface area contributed by atoms with Crippen LogP contribution >= 0.6 is 11.6 Å². The molecule has 1 aliphatic rings. The summed E-state index contributed by atoms with van der Waals surface area (Å²) in [5.74, 6) is 3.33. The van der Waals surface area contributed by atoms with Gasteiger partial charge in [0.1, 0.15) is 11.6 Å². The summed E-state index contributed by atoms with van der Waals surface area (Å²) in [4.78, 5) is 11.9. The van der Waals surface area contributed by atoms with Crippen LogP contribution in [0.3, 0.4) is 0 Å². The molecule has 7 nitrogen and oxygen atoms in total. The van der Waals surface area contributed by atoms with Crippen molar-refractivity contribution in [2.24, 2.45) is 18.9 Å². The second-order valence-corrected chi connectivity index (χ2v) is 8.11. The number of nitrogens with zero attached hydrogens (tertiary/aromatic N) is 5. The summed E-state index contributed by atoms with van der Waals surface area (Å²) in [6.45, 7) is 6.48. The number of aromatic nitrogens is 4. The van der Waals surface area contributed by atoms with Gasteiger partial charge in [0.25, 0.3) is 0 Å². The van der Waals surface area contributed by atoms with Crippen LogP contribution in [0.4, 0.5) is 17.5 Å². The summed E-state index contributed by atoms with van der Waals surface area (Å²) in [5.41, 5.74) is 1.64. The van der Waals surface area contributed by atoms with Crippen LogP contribution in [0.1, 0.15) is 20.3 Å². The van der Waals surface area contributed by atoms with Gasteiger partial charge in [-0.2, -0.15) is 15.1 Å². The number of halogens is 1. The van der Waals surface area contributed by atoms with Gasteiger partial charge < -0.3 is 15.0 Å². The summed E-state index contributed by atoms with van der Waals surface area (Å²) in [6.07, 6.45) is 3.02. The Morgan fingerprint density at radius 1 is 1.18 bits per heavy atom. The van der Waals surface area contributed by atoms with Crippen molar-refractivity contribution >= 4 is 40.1 Å². The van der Waals surface area contributed by atoms with Gasteiger partial charge in [-0.15, -0.1) is 0 Å². The quantitative estimate of drug-likeness (QED) is 0.706. The molecule has 0 saturated carbocycles. The fourth-order valence-electron chi connectivity index (χ4n) is 3.95. The first-order chi connectivity index (χ1) is 13.4. The van der Waals surface area contributed by atoms with Gasteiger partial charge in [0.2, 0.25) is 5.95 Å². The lowest BCUT2D eigenvalue weighted by molar-refractivity contribution is 0.354. The SMILES string of the molecule is COc1ccc(Nc2nc(N3C[C@@H](C)C[C@H](C)C3)nc3c2cnn3C)cc1Cl. The first-order valence-electron chi connectivity index (χ1n) is 9.50. The van der Waals surface area contributed by atoms with Crippen molar-refractivity contribution in [2.75, 3.05) is 30.4 Å². The molecule has 0 bridgehead atoms. The highest BCUT2D eigenvalue weighted by molar-refractivity contribution is 6.32. The van der Waals surface area contributed by atoms with Gasteiger partial charge in [0, 0.05) is 25.8 Å². The molecule has 3 heterocycles. The van der Waals surface area contributed by atoms with E-state index in [1.807, 2.05) is 25.2 Å². The third-order valence-electron chi connectivity index (χ3n) is 5.15. The maximum absolute atomic E-state index is 6.28. The van der Waals surface area contributed by atoms with Gasteiger partial charge in [-0.1, -0.05) is 25.4 Å². The molecule has 2 atom stereocenters. The third kappa shape index (κ3) is 3.58. The number of methoxy groups -OCH3 is 1. The van der Waals surface area contributed by atoms with Crippen molar-refractivity contribution < 1.29 is 4.74 Å². The lowest BCUT2D eigenvalue weighted by atomic mass is 9.92. The number of piperidine rings is 1. The molecule has 1 aromatic carbocycles. The average Bonchev–Trinajstić information content (AvgIpc) is 3.02. The standard InChI is InChI=1S/C20H25ClN6O/c1-12-7-13(2)11-27(10-12)20-24-18(15-9-22-26(3)19(15)25-20)23-14-5-6-17(28-4)16(21)8-14/h5-6,8-9,12-13H,7,10-11H2,1-4H3,(H,23,24,25)/t12-,13-/m0/s1. The Labute approximate surface area is 169 Å². The van der Waals surface area contributed by atoms with Gasteiger partial charge in [0.15, 0.2) is 5.65 Å². The first-order valence-corrected chi connectivity index (χ1v) is 9.87. The van der Waals surface area contributed by atoms with Crippen LogP contribution in [0.2, 0.25) is 5.02 Å². The molecular weight excluding hydrogens is 376 g/mol. The summed E-state index contributed by atoms with van der Waals surface area (Å²) in [6, 6.07) is 5.58. The molecule has 148 valence electrons. The number of aryl methyl sites for hydroxylation is 1. The molecule has 2 aromatic heterocycles. The Morgan fingerprint density at radius 3 is 2.61 bits per heavy atom. The highest BCUT2D eigenvalue weighted by atomic mass is 35.5. The second kappa shape index (κ2) is 7.47. The number of hydrogen-bond donors (Lipinski definition) is 1. The third-order valence-corrected chi connectivity index (χ3v) is 5.44. The second-order valence-electron chi connectivity index (χ2n) is 7.70. The molecule has 3 aromatic rings. The van der Waals surface area contributed by atoms with Gasteiger partial charge in [-0.3, -0.25) is 4.68 Å². The van der Waals surface area contributed by atoms with Gasteiger partial charge in [-0.25, -0.2) is 0 Å². The molecule has 1 saturated heterocycles. The zero-order valence-corrected chi connectivity index (χ0v) is 17.4. The van der Waals surface area contributed by atoms with Crippen LogP contribution in [0.15, 0.2) is 24.4 Å². The minimum atomic E-state index is 0.544. The van der Waals surface area contributed by atoms with E-state index in [0.717, 1.165) is 41.6 Å². The molecule has 1 N–H and O–H groups in total. The van der Waals surface area contributed by atoms with Crippen molar-refractivity contribution in [1.29, 1.82) is 0 Å². The van der Waals surface area contributed by atoms with Crippen LogP contribution < -0.4 is 15.0 Å². The van der Waals surface area contributed by atoms with Crippen LogP contribution in [0.5, 0.6) is 5.75 Å². The number of ether oxygens (including phenoxy) is 1. The Kier molecular flexibility index (Phi) is 5.02. The summed E-state index contributed by atoms with van der Waals surface area (Å²) < 4.78 is 7.02. The normalized spacial score (nSPS) is 19.8. The molecule has 8 heteroatoms. The van der Waals surface area contributed by atoms with E-state index in [9.17, 15) is 0 Å². The predicted octanol–water partition coefficient (Wildman–Crippen LogP) is 4.25. The van der Waals surface area contributed by atoms with E-state index in [1.165, 1.54) is 6.42 Å². The van der Waals surface area contributed by atoms with Gasteiger partial charge in [-0.05, 0) is 36.5 Å². The molecule has 1 fully saturated rings. The number of hydrogen-bond acceptors (Lipinski definition) is 6. The van der Waals surface area contributed by atoms with E-state index in [-0.39, 0.29) is 0 Å². The average molecular weight is 401 g/mol. The van der Waals surface area contributed by atoms with E-state index in [0.29, 0.717) is 22.6 Å². The summed E-state index contributed by atoms with van der Waals surface area (Å²) in [5, 5.41) is 9.17. The zero-order valence-electron chi connectivity index (χ0n) is 16.6. The van der Waals surface area contributed by atoms with Crippen molar-refractivity contribution in [3.63, 3.8) is 0 Å². The summed E-state index contributed by atoms with van der Waals surface area (Å²) >= 11 is 6.28. The van der Waals surface area contributed by atoms with E-state index < -0.39 is 0 Å². The minimum Gasteiger partial charge on any atom is -0.495 e. The molecule has 28 heavy (non-hydrogen) atoms. The van der Waals surface area contributed by atoms with Crippen LogP contribution in [-0.2, 0) is 7.05 Å². The lowest BCUT2D eigenvalue weighted by Gasteiger charge is -2.35. The van der Waals surface area contributed by atoms with E-state index in [4.69, 9.17) is 26.3 Å². The Bertz CT molecular complexity index is 994. The Hall–Kier alpha value is -2.54. The van der Waals surface area contributed by atoms with Crippen molar-refractivity contribution in [2.45, 2.75) is 20.3 Å². The van der Waals surface area contributed by atoms with E-state index in [1.54, 1.807) is 18.0 Å². The fourth-order valence-corrected chi connectivity index (χ4v) is 4.21. The molecular formula is C20H25ClN6O. The van der Waals surface area contributed by atoms with E-state index in [2.05, 4.69) is 29.2 Å². The van der Waals surface area contributed by atoms with Crippen LogP contribution in [0, 0.1) is 11.8 Å². The molecule has 0 radical (unpaired) electrons. The fraction of sp³-hybridized carbons (Fsp3) is 0.450. The van der Waals surface area contributed by atoms with E-state index >= 15 is 0 Å². The van der Waals surface area contributed by atoms with Crippen LogP contribution in [0.25, 0.3) is 11.0 Å².